The first-order valence-corrected chi connectivity index (χ1v) is 10.8. The molecular weight excluding hydrogens is 543 g/mol. The van der Waals surface area contributed by atoms with Crippen LogP contribution in [0.1, 0.15) is 40.7 Å². The number of carbonyl (C=O) groups is 3. The third-order valence-corrected chi connectivity index (χ3v) is 4.80. The van der Waals surface area contributed by atoms with Crippen LogP contribution in [0.3, 0.4) is 0 Å². The van der Waals surface area contributed by atoms with Gasteiger partial charge in [0.25, 0.3) is 5.91 Å². The quantitative estimate of drug-likeness (QED) is 0.233. The minimum absolute atomic E-state index is 0.00448. The lowest BCUT2D eigenvalue weighted by atomic mass is 10.0. The van der Waals surface area contributed by atoms with E-state index in [4.69, 9.17) is 32.7 Å². The molecule has 196 valence electrons. The zero-order chi connectivity index (χ0) is 27.1. The van der Waals surface area contributed by atoms with Gasteiger partial charge in [-0.3, -0.25) is 14.4 Å². The number of hydrogen-bond acceptors (Lipinski definition) is 5. The van der Waals surface area contributed by atoms with Crippen LogP contribution in [0.2, 0.25) is 0 Å². The van der Waals surface area contributed by atoms with E-state index in [0.29, 0.717) is 12.1 Å². The summed E-state index contributed by atoms with van der Waals surface area (Å²) in [6.07, 6.45) is -6.86. The first-order chi connectivity index (χ1) is 16.7. The Morgan fingerprint density at radius 1 is 1.06 bits per heavy atom. The maximum atomic E-state index is 13.2. The van der Waals surface area contributed by atoms with E-state index in [1.54, 1.807) is 0 Å². The van der Waals surface area contributed by atoms with Crippen LogP contribution in [0.15, 0.2) is 52.4 Å². The van der Waals surface area contributed by atoms with E-state index >= 15 is 0 Å². The summed E-state index contributed by atoms with van der Waals surface area (Å²) in [5.74, 6) is -2.46. The molecule has 1 aliphatic carbocycles. The molecule has 0 spiro atoms. The molecule has 6 nitrogen and oxygen atoms in total. The Kier molecular flexibility index (Phi) is 10.00. The summed E-state index contributed by atoms with van der Waals surface area (Å²) in [6.45, 7) is -0.315. The number of ether oxygens (including phenoxy) is 2. The van der Waals surface area contributed by atoms with Gasteiger partial charge >= 0.3 is 18.3 Å². The van der Waals surface area contributed by atoms with Crippen LogP contribution in [0, 0.1) is 0 Å². The highest BCUT2D eigenvalue weighted by Crippen LogP contribution is 2.37. The molecule has 0 fully saturated rings. The van der Waals surface area contributed by atoms with E-state index in [1.807, 2.05) is 0 Å². The molecule has 14 heteroatoms. The Balaban J connectivity index is 1.88. The number of rotatable bonds is 9. The topological polar surface area (TPSA) is 81.7 Å². The molecule has 1 amide bonds. The Hall–Kier alpha value is -2.99. The number of nitrogens with one attached hydrogen (secondary N) is 1. The zero-order valence-corrected chi connectivity index (χ0v) is 19.6. The predicted molar refractivity (Wildman–Crippen MR) is 116 cm³/mol. The van der Waals surface area contributed by atoms with Crippen molar-refractivity contribution in [3.63, 3.8) is 0 Å². The number of hydrogen-bond donors (Lipinski definition) is 1. The van der Waals surface area contributed by atoms with E-state index in [0.717, 1.165) is 0 Å². The number of esters is 1. The van der Waals surface area contributed by atoms with Crippen molar-refractivity contribution < 1.29 is 50.2 Å². The molecule has 0 radical (unpaired) electrons. The van der Waals surface area contributed by atoms with Gasteiger partial charge in [-0.2, -0.15) is 26.3 Å². The Labute approximate surface area is 210 Å². The largest absolute Gasteiger partial charge is 0.486 e. The van der Waals surface area contributed by atoms with Crippen molar-refractivity contribution in [1.29, 1.82) is 0 Å². The second-order valence-electron chi connectivity index (χ2n) is 7.16. The normalized spacial score (nSPS) is 13.9. The van der Waals surface area contributed by atoms with Crippen molar-refractivity contribution in [3.8, 4) is 0 Å². The van der Waals surface area contributed by atoms with Crippen LogP contribution in [-0.2, 0) is 31.4 Å². The summed E-state index contributed by atoms with van der Waals surface area (Å²) >= 11 is 10.9. The van der Waals surface area contributed by atoms with E-state index in [-0.39, 0.29) is 54.5 Å². The first kappa shape index (κ1) is 29.2. The van der Waals surface area contributed by atoms with E-state index in [9.17, 15) is 40.7 Å². The first-order valence-electron chi connectivity index (χ1n) is 10.0. The number of alkyl halides is 6. The van der Waals surface area contributed by atoms with Crippen LogP contribution in [0.25, 0.3) is 0 Å². The van der Waals surface area contributed by atoms with Gasteiger partial charge in [0, 0.05) is 13.0 Å². The standard InChI is InChI=1S/C22H17Cl2F6NO5/c23-18(24)7-9-35-17-6-4-13(11-16(17)32)36-19(33)2-1-8-31-20(34)14-5-3-12(21(25,26)27)10-15(14)22(28,29)30/h3-7,10H,1-2,8-9,11H2,(H,31,34). The fourth-order valence-corrected chi connectivity index (χ4v) is 2.97. The summed E-state index contributed by atoms with van der Waals surface area (Å²) in [5, 5.41) is 2.12. The number of amides is 1. The van der Waals surface area contributed by atoms with Gasteiger partial charge in [-0.25, -0.2) is 0 Å². The SMILES string of the molecule is O=C(CCCNC(=O)c1ccc(C(F)(F)F)cc1C(F)(F)F)OC1=CC=C(OCC=C(Cl)Cl)C(=O)C1. The van der Waals surface area contributed by atoms with Crippen molar-refractivity contribution in [2.45, 2.75) is 31.6 Å². The third kappa shape index (κ3) is 8.90. The molecule has 0 bridgehead atoms. The maximum absolute atomic E-state index is 13.2. The van der Waals surface area contributed by atoms with Crippen LogP contribution in [0.5, 0.6) is 0 Å². The van der Waals surface area contributed by atoms with Crippen molar-refractivity contribution in [1.82, 2.24) is 5.32 Å². The summed E-state index contributed by atoms with van der Waals surface area (Å²) in [6, 6.07) is 0.670. The number of halogens is 8. The number of Topliss-reactive ketones (excluding diaryl/α,β-unsaturated/α-hetero) is 1. The minimum atomic E-state index is -5.20. The van der Waals surface area contributed by atoms with Crippen molar-refractivity contribution >= 4 is 40.9 Å². The highest BCUT2D eigenvalue weighted by atomic mass is 35.5. The molecule has 1 N–H and O–H groups in total. The van der Waals surface area contributed by atoms with Gasteiger partial charge in [0.1, 0.15) is 16.9 Å². The van der Waals surface area contributed by atoms with Gasteiger partial charge in [-0.1, -0.05) is 23.2 Å². The fourth-order valence-electron chi connectivity index (χ4n) is 2.84. The van der Waals surface area contributed by atoms with Gasteiger partial charge in [0.15, 0.2) is 5.76 Å². The molecule has 2 rings (SSSR count). The van der Waals surface area contributed by atoms with Gasteiger partial charge in [0.05, 0.1) is 23.1 Å². The van der Waals surface area contributed by atoms with Gasteiger partial charge < -0.3 is 14.8 Å². The Morgan fingerprint density at radius 2 is 1.75 bits per heavy atom. The molecule has 0 aromatic heterocycles. The molecule has 0 aliphatic heterocycles. The Morgan fingerprint density at radius 3 is 2.33 bits per heavy atom. The molecule has 1 aromatic carbocycles. The number of benzene rings is 1. The van der Waals surface area contributed by atoms with Crippen LogP contribution in [0.4, 0.5) is 26.3 Å². The second-order valence-corrected chi connectivity index (χ2v) is 8.17. The highest BCUT2D eigenvalue weighted by Gasteiger charge is 2.39. The molecule has 0 heterocycles. The van der Waals surface area contributed by atoms with Gasteiger partial charge in [0.2, 0.25) is 5.78 Å². The number of allylic oxidation sites excluding steroid dienone is 4. The summed E-state index contributed by atoms with van der Waals surface area (Å²) < 4.78 is 87.9. The minimum Gasteiger partial charge on any atom is -0.486 e. The van der Waals surface area contributed by atoms with Crippen LogP contribution >= 0.6 is 23.2 Å². The van der Waals surface area contributed by atoms with Gasteiger partial charge in [-0.05, 0) is 42.8 Å². The lowest BCUT2D eigenvalue weighted by molar-refractivity contribution is -0.143. The van der Waals surface area contributed by atoms with Gasteiger partial charge in [-0.15, -0.1) is 0 Å². The maximum Gasteiger partial charge on any atom is 0.417 e. The lowest BCUT2D eigenvalue weighted by Crippen LogP contribution is -2.28. The molecule has 0 unspecified atom stereocenters. The third-order valence-electron chi connectivity index (χ3n) is 4.49. The Bertz CT molecular complexity index is 1110. The predicted octanol–water partition coefficient (Wildman–Crippen LogP) is 5.85. The average molecular weight is 560 g/mol. The summed E-state index contributed by atoms with van der Waals surface area (Å²) in [5.41, 5.74) is -4.27. The van der Waals surface area contributed by atoms with Crippen LogP contribution in [-0.4, -0.2) is 30.8 Å². The molecule has 36 heavy (non-hydrogen) atoms. The smallest absolute Gasteiger partial charge is 0.417 e. The molecular formula is C22H17Cl2F6NO5. The summed E-state index contributed by atoms with van der Waals surface area (Å²) in [4.78, 5) is 36.1. The van der Waals surface area contributed by atoms with E-state index in [1.165, 1.54) is 18.2 Å². The molecule has 0 saturated carbocycles. The number of ketones is 1. The van der Waals surface area contributed by atoms with E-state index < -0.39 is 46.7 Å². The average Bonchev–Trinajstić information content (AvgIpc) is 2.76. The second kappa shape index (κ2) is 12.3. The molecule has 1 aliphatic rings. The zero-order valence-electron chi connectivity index (χ0n) is 18.1. The lowest BCUT2D eigenvalue weighted by Gasteiger charge is -2.16. The van der Waals surface area contributed by atoms with Crippen molar-refractivity contribution in [2.24, 2.45) is 0 Å². The fraction of sp³-hybridized carbons (Fsp3) is 0.318. The molecule has 1 aromatic rings. The summed E-state index contributed by atoms with van der Waals surface area (Å²) in [7, 11) is 0. The van der Waals surface area contributed by atoms with Crippen LogP contribution < -0.4 is 5.32 Å². The van der Waals surface area contributed by atoms with Crippen molar-refractivity contribution in [2.75, 3.05) is 13.2 Å². The molecule has 0 atom stereocenters. The van der Waals surface area contributed by atoms with Crippen molar-refractivity contribution in [3.05, 3.63) is 69.1 Å². The molecule has 0 saturated heterocycles. The van der Waals surface area contributed by atoms with E-state index in [2.05, 4.69) is 5.32 Å². The number of carbonyl (C=O) groups excluding carboxylic acids is 3. The highest BCUT2D eigenvalue weighted by molar-refractivity contribution is 6.55. The monoisotopic (exact) mass is 559 g/mol.